The molecule has 1 unspecified atom stereocenters. The first kappa shape index (κ1) is 24.6. The smallest absolute Gasteiger partial charge is 0.341 e. The number of likely N-dealkylation sites (N-methyl/N-ethyl adjacent to an activating group) is 1. The van der Waals surface area contributed by atoms with Gasteiger partial charge in [0, 0.05) is 36.3 Å². The van der Waals surface area contributed by atoms with Gasteiger partial charge in [-0.2, -0.15) is 0 Å². The molecule has 1 N–H and O–H groups in total. The maximum atomic E-state index is 12.8. The van der Waals surface area contributed by atoms with Gasteiger partial charge in [0.25, 0.3) is 0 Å². The number of hydrogen-bond acceptors (Lipinski definition) is 4. The highest BCUT2D eigenvalue weighted by molar-refractivity contribution is 5.87. The van der Waals surface area contributed by atoms with Crippen molar-refractivity contribution in [3.63, 3.8) is 0 Å². The fraction of sp³-hybridized carbons (Fsp3) is 0.481. The predicted molar refractivity (Wildman–Crippen MR) is 132 cm³/mol. The Morgan fingerprint density at radius 2 is 1.91 bits per heavy atom. The van der Waals surface area contributed by atoms with E-state index in [4.69, 9.17) is 4.74 Å². The van der Waals surface area contributed by atoms with Gasteiger partial charge in [0.1, 0.15) is 11.3 Å². The fourth-order valence-electron chi connectivity index (χ4n) is 4.45. The summed E-state index contributed by atoms with van der Waals surface area (Å²) in [4.78, 5) is 26.7. The highest BCUT2D eigenvalue weighted by Gasteiger charge is 2.35. The van der Waals surface area contributed by atoms with Crippen molar-refractivity contribution in [3.8, 4) is 5.75 Å². The maximum Gasteiger partial charge on any atom is 0.341 e. The first-order valence-electron chi connectivity index (χ1n) is 11.5. The Kier molecular flexibility index (Phi) is 6.78. The summed E-state index contributed by atoms with van der Waals surface area (Å²) in [6, 6.07) is 7.48. The van der Waals surface area contributed by atoms with Crippen molar-refractivity contribution >= 4 is 17.2 Å². The molecule has 0 amide bonds. The monoisotopic (exact) mass is 452 g/mol. The Hall–Kier alpha value is -3.02. The summed E-state index contributed by atoms with van der Waals surface area (Å²) in [5.41, 5.74) is 1.90. The first-order chi connectivity index (χ1) is 15.3. The van der Waals surface area contributed by atoms with Crippen molar-refractivity contribution in [3.05, 3.63) is 62.4 Å². The number of nitrogens with zero attached hydrogens (tertiary/aromatic N) is 2. The van der Waals surface area contributed by atoms with Gasteiger partial charge in [0.2, 0.25) is 0 Å². The Balaban J connectivity index is 2.46. The Labute approximate surface area is 195 Å². The molecule has 1 aromatic carbocycles. The quantitative estimate of drug-likeness (QED) is 0.769. The van der Waals surface area contributed by atoms with Crippen molar-refractivity contribution < 1.29 is 14.6 Å². The average molecular weight is 453 g/mol. The van der Waals surface area contributed by atoms with Crippen molar-refractivity contribution in [2.24, 2.45) is 11.3 Å². The predicted octanol–water partition coefficient (Wildman–Crippen LogP) is 3.46. The molecule has 6 heteroatoms. The van der Waals surface area contributed by atoms with E-state index in [1.165, 1.54) is 12.3 Å². The number of rotatable bonds is 4. The van der Waals surface area contributed by atoms with Gasteiger partial charge in [-0.05, 0) is 31.2 Å². The summed E-state index contributed by atoms with van der Waals surface area (Å²) in [7, 11) is 2.03. The molecule has 1 aromatic heterocycles. The zero-order valence-electron chi connectivity index (χ0n) is 21.0. The molecule has 0 radical (unpaired) electrons. The van der Waals surface area contributed by atoms with Crippen LogP contribution in [0.2, 0.25) is 0 Å². The largest absolute Gasteiger partial charge is 0.493 e. The van der Waals surface area contributed by atoms with E-state index in [0.29, 0.717) is 19.1 Å². The molecular formula is C27H36N2O4. The third kappa shape index (κ3) is 4.85. The van der Waals surface area contributed by atoms with Gasteiger partial charge in [-0.15, -0.1) is 0 Å². The second-order valence-corrected chi connectivity index (χ2v) is 10.6. The molecule has 1 aliphatic rings. The van der Waals surface area contributed by atoms with E-state index in [-0.39, 0.29) is 17.0 Å². The number of aromatic carboxylic acids is 1. The summed E-state index contributed by atoms with van der Waals surface area (Å²) < 4.78 is 8.15. The molecule has 33 heavy (non-hydrogen) atoms. The summed E-state index contributed by atoms with van der Waals surface area (Å²) in [5, 5.41) is 11.6. The van der Waals surface area contributed by atoms with Crippen LogP contribution in [0, 0.1) is 11.3 Å². The van der Waals surface area contributed by atoms with Gasteiger partial charge in [-0.3, -0.25) is 4.79 Å². The molecule has 1 aliphatic heterocycles. The molecule has 0 saturated carbocycles. The van der Waals surface area contributed by atoms with Gasteiger partial charge in [0.15, 0.2) is 5.43 Å². The van der Waals surface area contributed by atoms with Crippen LogP contribution >= 0.6 is 0 Å². The third-order valence-corrected chi connectivity index (χ3v) is 6.07. The van der Waals surface area contributed by atoms with E-state index in [2.05, 4.69) is 53.4 Å². The van der Waals surface area contributed by atoms with Crippen LogP contribution in [0.15, 0.2) is 35.3 Å². The zero-order valence-corrected chi connectivity index (χ0v) is 21.0. The van der Waals surface area contributed by atoms with Crippen molar-refractivity contribution in [2.75, 3.05) is 20.2 Å². The number of aromatic nitrogens is 1. The number of carboxylic acid groups (broad SMARTS) is 1. The molecule has 2 aromatic rings. The minimum absolute atomic E-state index is 0.00419. The van der Waals surface area contributed by atoms with E-state index in [0.717, 1.165) is 33.2 Å². The number of ether oxygens (including phenoxy) is 1. The van der Waals surface area contributed by atoms with Crippen LogP contribution in [-0.4, -0.2) is 40.7 Å². The highest BCUT2D eigenvalue weighted by Crippen LogP contribution is 2.37. The van der Waals surface area contributed by atoms with Crippen molar-refractivity contribution in [1.82, 2.24) is 9.47 Å². The number of carboxylic acids is 1. The van der Waals surface area contributed by atoms with Crippen LogP contribution in [-0.2, 0) is 0 Å². The number of pyridine rings is 1. The lowest BCUT2D eigenvalue weighted by atomic mass is 9.84. The van der Waals surface area contributed by atoms with Gasteiger partial charge in [-0.25, -0.2) is 4.79 Å². The number of benzene rings is 1. The standard InChI is InChI=1S/C27H36N2O4/c1-16(2)15-33-22-11-9-10-18(24(22)17(3)4)25-20-12-21(30)19(26(31)32)13-29(20)23(14-28(25)8)27(5,6)7/h9-13,16,23H,14-15H2,1-8H3,(H,31,32)/b25-18-. The highest BCUT2D eigenvalue weighted by atomic mass is 16.5. The molecule has 6 nitrogen and oxygen atoms in total. The number of fused-ring (bicyclic) bond motifs is 1. The van der Waals surface area contributed by atoms with Crippen LogP contribution in [0.4, 0.5) is 0 Å². The lowest BCUT2D eigenvalue weighted by molar-refractivity contribution is 0.0693. The normalized spacial score (nSPS) is 17.7. The summed E-state index contributed by atoms with van der Waals surface area (Å²) in [6.45, 7) is 16.0. The van der Waals surface area contributed by atoms with Crippen LogP contribution < -0.4 is 20.6 Å². The number of hydrogen-bond donors (Lipinski definition) is 1. The van der Waals surface area contributed by atoms with Crippen LogP contribution in [0.25, 0.3) is 11.3 Å². The zero-order chi connectivity index (χ0) is 24.7. The third-order valence-electron chi connectivity index (χ3n) is 6.07. The minimum Gasteiger partial charge on any atom is -0.493 e. The topological polar surface area (TPSA) is 71.8 Å². The molecule has 0 saturated heterocycles. The Morgan fingerprint density at radius 1 is 1.24 bits per heavy atom. The molecular weight excluding hydrogens is 416 g/mol. The van der Waals surface area contributed by atoms with Gasteiger partial charge in [0.05, 0.1) is 24.0 Å². The molecule has 2 heterocycles. The summed E-state index contributed by atoms with van der Waals surface area (Å²) >= 11 is 0. The lowest BCUT2D eigenvalue weighted by Crippen LogP contribution is -2.46. The van der Waals surface area contributed by atoms with Crippen LogP contribution in [0.3, 0.4) is 0 Å². The van der Waals surface area contributed by atoms with Gasteiger partial charge in [-0.1, -0.05) is 52.3 Å². The summed E-state index contributed by atoms with van der Waals surface area (Å²) in [6.07, 6.45) is 1.52. The number of carbonyl (C=O) groups is 1. The van der Waals surface area contributed by atoms with E-state index in [1.807, 2.05) is 29.8 Å². The molecule has 3 rings (SSSR count). The molecule has 0 bridgehead atoms. The summed E-state index contributed by atoms with van der Waals surface area (Å²) in [5.74, 6) is 0.00649. The molecule has 0 fully saturated rings. The lowest BCUT2D eigenvalue weighted by Gasteiger charge is -2.43. The van der Waals surface area contributed by atoms with Gasteiger partial charge >= 0.3 is 5.97 Å². The fourth-order valence-corrected chi connectivity index (χ4v) is 4.45. The molecule has 1 atom stereocenters. The van der Waals surface area contributed by atoms with Crippen molar-refractivity contribution in [1.29, 1.82) is 0 Å². The van der Waals surface area contributed by atoms with E-state index in [9.17, 15) is 14.7 Å². The Bertz CT molecular complexity index is 1240. The van der Waals surface area contributed by atoms with Crippen molar-refractivity contribution in [2.45, 2.75) is 54.5 Å². The van der Waals surface area contributed by atoms with Gasteiger partial charge < -0.3 is 19.3 Å². The van der Waals surface area contributed by atoms with E-state index < -0.39 is 11.4 Å². The van der Waals surface area contributed by atoms with Crippen LogP contribution in [0.1, 0.15) is 70.6 Å². The molecule has 0 aliphatic carbocycles. The van der Waals surface area contributed by atoms with Crippen LogP contribution in [0.5, 0.6) is 5.75 Å². The maximum absolute atomic E-state index is 12.8. The first-order valence-corrected chi connectivity index (χ1v) is 11.5. The van der Waals surface area contributed by atoms with E-state index in [1.54, 1.807) is 0 Å². The SMILES string of the molecule is CC(C)=c1c(OCC(C)C)ccc/c1=C1\c2cc(=O)c(C(=O)O)cn2C(C(C)(C)C)CN1C. The molecule has 178 valence electrons. The average Bonchev–Trinajstić information content (AvgIpc) is 2.69. The van der Waals surface area contributed by atoms with E-state index >= 15 is 0 Å². The Morgan fingerprint density at radius 3 is 2.45 bits per heavy atom. The second-order valence-electron chi connectivity index (χ2n) is 10.6. The molecule has 0 spiro atoms. The minimum atomic E-state index is -1.20. The second kappa shape index (κ2) is 9.08.